The van der Waals surface area contributed by atoms with Crippen molar-refractivity contribution in [1.82, 2.24) is 5.43 Å². The molecule has 2 N–H and O–H groups in total. The van der Waals surface area contributed by atoms with E-state index in [0.717, 1.165) is 10.1 Å². The van der Waals surface area contributed by atoms with Crippen LogP contribution in [0.5, 0.6) is 5.75 Å². The third kappa shape index (κ3) is 3.32. The molecule has 0 aliphatic heterocycles. The Balaban J connectivity index is 1.81. The van der Waals surface area contributed by atoms with E-state index in [0.29, 0.717) is 20.5 Å². The van der Waals surface area contributed by atoms with Crippen LogP contribution in [0, 0.1) is 0 Å². The molecule has 1 aromatic heterocycles. The molecular weight excluding hydrogens is 355 g/mol. The summed E-state index contributed by atoms with van der Waals surface area (Å²) in [7, 11) is 0. The predicted octanol–water partition coefficient (Wildman–Crippen LogP) is 4.68. The Kier molecular flexibility index (Phi) is 4.52. The first-order valence-electron chi connectivity index (χ1n) is 6.55. The van der Waals surface area contributed by atoms with Gasteiger partial charge in [0.25, 0.3) is 5.91 Å². The number of hydrazone groups is 1. The monoisotopic (exact) mass is 364 g/mol. The fourth-order valence-electron chi connectivity index (χ4n) is 1.99. The molecule has 0 saturated heterocycles. The Labute approximate surface area is 146 Å². The molecule has 0 spiro atoms. The standard InChI is InChI=1S/C16H10Cl2N2O2S/c17-10-5-6-11-13(7-10)23-15(14(11)18)16(22)20-19-8-9-3-1-2-4-12(9)21/h1-8,21H,(H,20,22)/b19-8+. The molecule has 0 radical (unpaired) electrons. The van der Waals surface area contributed by atoms with Gasteiger partial charge >= 0.3 is 0 Å². The summed E-state index contributed by atoms with van der Waals surface area (Å²) in [6, 6.07) is 11.9. The van der Waals surface area contributed by atoms with Crippen LogP contribution in [0.1, 0.15) is 15.2 Å². The SMILES string of the molecule is O=C(N/N=C/c1ccccc1O)c1sc2cc(Cl)ccc2c1Cl. The van der Waals surface area contributed by atoms with Gasteiger partial charge in [0.2, 0.25) is 0 Å². The first-order valence-corrected chi connectivity index (χ1v) is 8.12. The van der Waals surface area contributed by atoms with Crippen molar-refractivity contribution >= 4 is 56.7 Å². The quantitative estimate of drug-likeness (QED) is 0.523. The normalized spacial score (nSPS) is 11.2. The molecule has 1 heterocycles. The lowest BCUT2D eigenvalue weighted by molar-refractivity contribution is 0.0959. The van der Waals surface area contributed by atoms with Crippen LogP contribution in [0.3, 0.4) is 0 Å². The zero-order valence-electron chi connectivity index (χ0n) is 11.6. The number of nitrogens with one attached hydrogen (secondary N) is 1. The minimum absolute atomic E-state index is 0.0834. The first-order chi connectivity index (χ1) is 11.1. The minimum Gasteiger partial charge on any atom is -0.507 e. The van der Waals surface area contributed by atoms with Crippen molar-refractivity contribution in [2.24, 2.45) is 5.10 Å². The Morgan fingerprint density at radius 1 is 1.22 bits per heavy atom. The summed E-state index contributed by atoms with van der Waals surface area (Å²) in [4.78, 5) is 12.6. The zero-order chi connectivity index (χ0) is 16.4. The van der Waals surface area contributed by atoms with Gasteiger partial charge in [0.15, 0.2) is 0 Å². The number of para-hydroxylation sites is 1. The third-order valence-corrected chi connectivity index (χ3v) is 5.00. The zero-order valence-corrected chi connectivity index (χ0v) is 13.9. The summed E-state index contributed by atoms with van der Waals surface area (Å²) >= 11 is 13.4. The summed E-state index contributed by atoms with van der Waals surface area (Å²) in [5.41, 5.74) is 2.91. The number of phenolic OH excluding ortho intramolecular Hbond substituents is 1. The summed E-state index contributed by atoms with van der Waals surface area (Å²) in [5, 5.41) is 15.2. The highest BCUT2D eigenvalue weighted by atomic mass is 35.5. The maximum absolute atomic E-state index is 12.2. The molecule has 1 amide bonds. The molecule has 4 nitrogen and oxygen atoms in total. The second-order valence-electron chi connectivity index (χ2n) is 4.64. The highest BCUT2D eigenvalue weighted by molar-refractivity contribution is 7.21. The van der Waals surface area contributed by atoms with E-state index in [4.69, 9.17) is 23.2 Å². The predicted molar refractivity (Wildman–Crippen MR) is 95.0 cm³/mol. The second kappa shape index (κ2) is 6.58. The number of nitrogens with zero attached hydrogens (tertiary/aromatic N) is 1. The average Bonchev–Trinajstić information content (AvgIpc) is 2.85. The lowest BCUT2D eigenvalue weighted by Gasteiger charge is -1.99. The van der Waals surface area contributed by atoms with Crippen LogP contribution < -0.4 is 5.43 Å². The Morgan fingerprint density at radius 2 is 2.00 bits per heavy atom. The van der Waals surface area contributed by atoms with E-state index in [1.807, 2.05) is 0 Å². The molecule has 0 saturated carbocycles. The van der Waals surface area contributed by atoms with Gasteiger partial charge in [0, 0.05) is 20.7 Å². The van der Waals surface area contributed by atoms with Crippen molar-refractivity contribution in [3.8, 4) is 5.75 Å². The van der Waals surface area contributed by atoms with Crippen molar-refractivity contribution in [3.05, 3.63) is 63.0 Å². The average molecular weight is 365 g/mol. The number of halogens is 2. The molecule has 3 aromatic rings. The van der Waals surface area contributed by atoms with Gasteiger partial charge in [-0.1, -0.05) is 41.4 Å². The van der Waals surface area contributed by atoms with Crippen LogP contribution in [-0.2, 0) is 0 Å². The molecule has 2 aromatic carbocycles. The molecule has 0 unspecified atom stereocenters. The number of aromatic hydroxyl groups is 1. The summed E-state index contributed by atoms with van der Waals surface area (Å²) in [5.74, 6) is -0.334. The number of carbonyl (C=O) groups excluding carboxylic acids is 1. The fourth-order valence-corrected chi connectivity index (χ4v) is 3.68. The molecule has 3 rings (SSSR count). The van der Waals surface area contributed by atoms with Gasteiger partial charge in [0.05, 0.1) is 11.2 Å². The minimum atomic E-state index is -0.418. The van der Waals surface area contributed by atoms with Gasteiger partial charge in [-0.2, -0.15) is 5.10 Å². The van der Waals surface area contributed by atoms with Gasteiger partial charge in [-0.05, 0) is 24.3 Å². The van der Waals surface area contributed by atoms with Crippen molar-refractivity contribution in [2.75, 3.05) is 0 Å². The molecule has 7 heteroatoms. The van der Waals surface area contributed by atoms with E-state index in [9.17, 15) is 9.90 Å². The van der Waals surface area contributed by atoms with Crippen LogP contribution >= 0.6 is 34.5 Å². The van der Waals surface area contributed by atoms with E-state index in [1.54, 1.807) is 36.4 Å². The fraction of sp³-hybridized carbons (Fsp3) is 0. The lowest BCUT2D eigenvalue weighted by atomic mass is 10.2. The number of amides is 1. The number of hydrogen-bond donors (Lipinski definition) is 2. The molecule has 23 heavy (non-hydrogen) atoms. The summed E-state index contributed by atoms with van der Waals surface area (Å²) in [6.45, 7) is 0. The second-order valence-corrected chi connectivity index (χ2v) is 6.51. The maximum Gasteiger partial charge on any atom is 0.283 e. The van der Waals surface area contributed by atoms with Crippen molar-refractivity contribution in [3.63, 3.8) is 0 Å². The smallest absolute Gasteiger partial charge is 0.283 e. The van der Waals surface area contributed by atoms with E-state index in [2.05, 4.69) is 10.5 Å². The Hall–Kier alpha value is -2.08. The van der Waals surface area contributed by atoms with E-state index >= 15 is 0 Å². The molecule has 0 aliphatic carbocycles. The Morgan fingerprint density at radius 3 is 2.78 bits per heavy atom. The molecule has 0 atom stereocenters. The number of carbonyl (C=O) groups is 1. The van der Waals surface area contributed by atoms with Crippen molar-refractivity contribution in [1.29, 1.82) is 0 Å². The summed E-state index contributed by atoms with van der Waals surface area (Å²) < 4.78 is 0.831. The topological polar surface area (TPSA) is 61.7 Å². The van der Waals surface area contributed by atoms with E-state index < -0.39 is 5.91 Å². The third-order valence-electron chi connectivity index (χ3n) is 3.10. The molecule has 0 fully saturated rings. The van der Waals surface area contributed by atoms with Gasteiger partial charge in [0.1, 0.15) is 10.6 Å². The number of thiophene rings is 1. The van der Waals surface area contributed by atoms with Gasteiger partial charge in [-0.25, -0.2) is 5.43 Å². The van der Waals surface area contributed by atoms with Crippen LogP contribution in [-0.4, -0.2) is 17.2 Å². The largest absolute Gasteiger partial charge is 0.507 e. The number of fused-ring (bicyclic) bond motifs is 1. The van der Waals surface area contributed by atoms with E-state index in [1.165, 1.54) is 23.6 Å². The highest BCUT2D eigenvalue weighted by Crippen LogP contribution is 2.36. The number of phenols is 1. The van der Waals surface area contributed by atoms with Crippen LogP contribution in [0.15, 0.2) is 47.6 Å². The van der Waals surface area contributed by atoms with Crippen LogP contribution in [0.25, 0.3) is 10.1 Å². The number of benzene rings is 2. The van der Waals surface area contributed by atoms with Gasteiger partial charge in [-0.15, -0.1) is 11.3 Å². The maximum atomic E-state index is 12.2. The van der Waals surface area contributed by atoms with Gasteiger partial charge < -0.3 is 5.11 Å². The Bertz CT molecular complexity index is 922. The molecular formula is C16H10Cl2N2O2S. The number of hydrogen-bond acceptors (Lipinski definition) is 4. The van der Waals surface area contributed by atoms with Crippen LogP contribution in [0.2, 0.25) is 10.0 Å². The van der Waals surface area contributed by atoms with Crippen LogP contribution in [0.4, 0.5) is 0 Å². The van der Waals surface area contributed by atoms with Crippen molar-refractivity contribution < 1.29 is 9.90 Å². The molecule has 0 bridgehead atoms. The molecule has 116 valence electrons. The van der Waals surface area contributed by atoms with Crippen molar-refractivity contribution in [2.45, 2.75) is 0 Å². The van der Waals surface area contributed by atoms with E-state index in [-0.39, 0.29) is 5.75 Å². The summed E-state index contributed by atoms with van der Waals surface area (Å²) in [6.07, 6.45) is 1.37. The number of rotatable bonds is 3. The first kappa shape index (κ1) is 15.8. The molecule has 0 aliphatic rings. The van der Waals surface area contributed by atoms with Gasteiger partial charge in [-0.3, -0.25) is 4.79 Å². The highest BCUT2D eigenvalue weighted by Gasteiger charge is 2.16. The lowest BCUT2D eigenvalue weighted by Crippen LogP contribution is -2.16.